The van der Waals surface area contributed by atoms with Crippen LogP contribution in [0.1, 0.15) is 22.2 Å². The predicted octanol–water partition coefficient (Wildman–Crippen LogP) is 3.75. The second kappa shape index (κ2) is 6.36. The Bertz CT molecular complexity index is 537. The Balaban J connectivity index is 2.12. The molecule has 0 N–H and O–H groups in total. The molecule has 0 aliphatic heterocycles. The maximum Gasteiger partial charge on any atom is 0.0394 e. The number of nitrogens with zero attached hydrogens (tertiary/aromatic N) is 1. The molecule has 0 saturated heterocycles. The van der Waals surface area contributed by atoms with Crippen molar-refractivity contribution in [2.75, 3.05) is 6.98 Å². The number of benzene rings is 2. The molecule has 0 bridgehead atoms. The van der Waals surface area contributed by atoms with Gasteiger partial charge in [0.05, 0.1) is 0 Å². The van der Waals surface area contributed by atoms with Crippen LogP contribution in [0.15, 0.2) is 60.7 Å². The minimum Gasteiger partial charge on any atom is -0.299 e. The Morgan fingerprint density at radius 2 is 1.50 bits per heavy atom. The van der Waals surface area contributed by atoms with E-state index in [9.17, 15) is 0 Å². The highest BCUT2D eigenvalue weighted by molar-refractivity contribution is 5.17. The van der Waals surface area contributed by atoms with Crippen LogP contribution in [0.5, 0.6) is 0 Å². The average Bonchev–Trinajstić information content (AvgIpc) is 2.45. The molecule has 0 heterocycles. The Kier molecular flexibility index (Phi) is 3.30. The highest BCUT2D eigenvalue weighted by Crippen LogP contribution is 2.10. The lowest BCUT2D eigenvalue weighted by atomic mass is 10.1. The van der Waals surface area contributed by atoms with E-state index >= 15 is 0 Å². The standard InChI is InChI=1S/C17H21N/c1-15(13-16-9-5-3-6-10-16)18(2)14-17-11-7-4-8-12-17/h3-12,15H,13-14H2,1-2H3/t15-/m1/s1/i2D3. The summed E-state index contributed by atoms with van der Waals surface area (Å²) in [6.07, 6.45) is 0.728. The normalized spacial score (nSPS) is 15.8. The molecule has 0 aliphatic carbocycles. The molecule has 0 saturated carbocycles. The van der Waals surface area contributed by atoms with Crippen molar-refractivity contribution in [2.24, 2.45) is 0 Å². The smallest absolute Gasteiger partial charge is 0.0394 e. The molecule has 94 valence electrons. The summed E-state index contributed by atoms with van der Waals surface area (Å²) in [5, 5.41) is 0. The summed E-state index contributed by atoms with van der Waals surface area (Å²) >= 11 is 0. The molecule has 2 aromatic carbocycles. The SMILES string of the molecule is [2H]C([2H])([2H])N(Cc1ccccc1)[C@H](C)Cc1ccccc1. The van der Waals surface area contributed by atoms with Gasteiger partial charge in [0.1, 0.15) is 0 Å². The summed E-state index contributed by atoms with van der Waals surface area (Å²) < 4.78 is 23.4. The number of hydrogen-bond donors (Lipinski definition) is 0. The van der Waals surface area contributed by atoms with Crippen LogP contribution >= 0.6 is 0 Å². The lowest BCUT2D eigenvalue weighted by Crippen LogP contribution is -2.30. The van der Waals surface area contributed by atoms with Gasteiger partial charge in [0.15, 0.2) is 0 Å². The highest BCUT2D eigenvalue weighted by Gasteiger charge is 2.09. The molecular weight excluding hydrogens is 218 g/mol. The van der Waals surface area contributed by atoms with E-state index in [0.29, 0.717) is 6.54 Å². The molecule has 0 aliphatic rings. The van der Waals surface area contributed by atoms with E-state index in [1.807, 2.05) is 67.6 Å². The Hall–Kier alpha value is -1.60. The Morgan fingerprint density at radius 1 is 0.944 bits per heavy atom. The number of rotatable bonds is 5. The summed E-state index contributed by atoms with van der Waals surface area (Å²) in [5.74, 6) is 0. The Morgan fingerprint density at radius 3 is 2.06 bits per heavy atom. The van der Waals surface area contributed by atoms with Crippen LogP contribution < -0.4 is 0 Å². The molecule has 0 unspecified atom stereocenters. The van der Waals surface area contributed by atoms with Crippen molar-refractivity contribution in [3.63, 3.8) is 0 Å². The van der Waals surface area contributed by atoms with Crippen LogP contribution in [0.25, 0.3) is 0 Å². The maximum absolute atomic E-state index is 7.79. The highest BCUT2D eigenvalue weighted by atomic mass is 15.1. The summed E-state index contributed by atoms with van der Waals surface area (Å²) in [7, 11) is 0. The fraction of sp³-hybridized carbons (Fsp3) is 0.294. The first kappa shape index (κ1) is 9.35. The first-order valence-electron chi connectivity index (χ1n) is 7.81. The second-order valence-electron chi connectivity index (χ2n) is 4.65. The van der Waals surface area contributed by atoms with E-state index < -0.39 is 6.98 Å². The predicted molar refractivity (Wildman–Crippen MR) is 77.5 cm³/mol. The fourth-order valence-electron chi connectivity index (χ4n) is 2.00. The van der Waals surface area contributed by atoms with Crippen LogP contribution in [0.4, 0.5) is 0 Å². The van der Waals surface area contributed by atoms with Gasteiger partial charge in [0, 0.05) is 16.7 Å². The topological polar surface area (TPSA) is 3.24 Å². The van der Waals surface area contributed by atoms with E-state index in [2.05, 4.69) is 0 Å². The molecule has 1 heteroatoms. The lowest BCUT2D eigenvalue weighted by molar-refractivity contribution is 0.248. The third-order valence-electron chi connectivity index (χ3n) is 3.10. The van der Waals surface area contributed by atoms with Crippen LogP contribution in [0.2, 0.25) is 0 Å². The monoisotopic (exact) mass is 242 g/mol. The van der Waals surface area contributed by atoms with Gasteiger partial charge in [0.2, 0.25) is 0 Å². The van der Waals surface area contributed by atoms with Gasteiger partial charge in [0.25, 0.3) is 0 Å². The third kappa shape index (κ3) is 3.71. The zero-order valence-corrected chi connectivity index (χ0v) is 10.7. The zero-order valence-electron chi connectivity index (χ0n) is 13.7. The van der Waals surface area contributed by atoms with E-state index in [0.717, 1.165) is 17.5 Å². The van der Waals surface area contributed by atoms with E-state index in [1.54, 1.807) is 4.90 Å². The number of hydrogen-bond acceptors (Lipinski definition) is 1. The van der Waals surface area contributed by atoms with Crippen LogP contribution in [-0.4, -0.2) is 17.9 Å². The maximum atomic E-state index is 7.79. The molecule has 2 aromatic rings. The molecular formula is C17H21N. The van der Waals surface area contributed by atoms with Crippen molar-refractivity contribution < 1.29 is 4.11 Å². The third-order valence-corrected chi connectivity index (χ3v) is 3.10. The fourth-order valence-corrected chi connectivity index (χ4v) is 2.00. The van der Waals surface area contributed by atoms with Crippen LogP contribution in [-0.2, 0) is 13.0 Å². The minimum absolute atomic E-state index is 0.0555. The van der Waals surface area contributed by atoms with Crippen molar-refractivity contribution in [3.05, 3.63) is 71.8 Å². The molecule has 0 amide bonds. The van der Waals surface area contributed by atoms with Crippen molar-refractivity contribution in [2.45, 2.75) is 25.9 Å². The Labute approximate surface area is 114 Å². The molecule has 0 aromatic heterocycles. The van der Waals surface area contributed by atoms with Gasteiger partial charge in [-0.15, -0.1) is 0 Å². The first-order valence-corrected chi connectivity index (χ1v) is 6.31. The quantitative estimate of drug-likeness (QED) is 0.772. The van der Waals surface area contributed by atoms with Crippen molar-refractivity contribution in [3.8, 4) is 0 Å². The van der Waals surface area contributed by atoms with Crippen molar-refractivity contribution in [1.82, 2.24) is 4.90 Å². The lowest BCUT2D eigenvalue weighted by Gasteiger charge is -2.24. The second-order valence-corrected chi connectivity index (χ2v) is 4.65. The van der Waals surface area contributed by atoms with Crippen LogP contribution in [0.3, 0.4) is 0 Å². The van der Waals surface area contributed by atoms with Gasteiger partial charge < -0.3 is 0 Å². The molecule has 1 atom stereocenters. The molecule has 2 rings (SSSR count). The molecule has 0 spiro atoms. The van der Waals surface area contributed by atoms with E-state index in [-0.39, 0.29) is 6.04 Å². The summed E-state index contributed by atoms with van der Waals surface area (Å²) in [6, 6.07) is 19.7. The zero-order chi connectivity index (χ0) is 15.3. The van der Waals surface area contributed by atoms with Gasteiger partial charge in [-0.25, -0.2) is 0 Å². The summed E-state index contributed by atoms with van der Waals surface area (Å²) in [4.78, 5) is 1.59. The van der Waals surface area contributed by atoms with Crippen molar-refractivity contribution >= 4 is 0 Å². The number of likely N-dealkylation sites (N-methyl/N-ethyl adjacent to an activating group) is 1. The summed E-state index contributed by atoms with van der Waals surface area (Å²) in [5.41, 5.74) is 2.18. The van der Waals surface area contributed by atoms with Crippen molar-refractivity contribution in [1.29, 1.82) is 0 Å². The van der Waals surface area contributed by atoms with E-state index in [4.69, 9.17) is 4.11 Å². The molecule has 0 fully saturated rings. The first-order chi connectivity index (χ1) is 9.97. The average molecular weight is 242 g/mol. The van der Waals surface area contributed by atoms with Crippen LogP contribution in [0, 0.1) is 0 Å². The van der Waals surface area contributed by atoms with Gasteiger partial charge in [-0.3, -0.25) is 4.90 Å². The molecule has 18 heavy (non-hydrogen) atoms. The molecule has 1 nitrogen and oxygen atoms in total. The minimum atomic E-state index is -2.09. The van der Waals surface area contributed by atoms with Gasteiger partial charge in [-0.2, -0.15) is 0 Å². The van der Waals surface area contributed by atoms with Gasteiger partial charge in [-0.1, -0.05) is 60.7 Å². The van der Waals surface area contributed by atoms with Gasteiger partial charge >= 0.3 is 0 Å². The summed E-state index contributed by atoms with van der Waals surface area (Å²) in [6.45, 7) is 0.317. The van der Waals surface area contributed by atoms with Gasteiger partial charge in [-0.05, 0) is 31.4 Å². The van der Waals surface area contributed by atoms with E-state index in [1.165, 1.54) is 0 Å². The molecule has 0 radical (unpaired) electrons. The largest absolute Gasteiger partial charge is 0.299 e.